The van der Waals surface area contributed by atoms with Gasteiger partial charge >= 0.3 is 5.97 Å². The van der Waals surface area contributed by atoms with Crippen molar-refractivity contribution in [3.63, 3.8) is 0 Å². The molecule has 0 saturated heterocycles. The Bertz CT molecular complexity index is 630. The van der Waals surface area contributed by atoms with Gasteiger partial charge in [0.2, 0.25) is 0 Å². The van der Waals surface area contributed by atoms with Gasteiger partial charge < -0.3 is 14.7 Å². The van der Waals surface area contributed by atoms with Crippen LogP contribution in [-0.4, -0.2) is 29.6 Å². The van der Waals surface area contributed by atoms with Gasteiger partial charge in [-0.25, -0.2) is 0 Å². The van der Waals surface area contributed by atoms with E-state index in [0.717, 1.165) is 0 Å². The Morgan fingerprint density at radius 1 is 1.45 bits per heavy atom. The first kappa shape index (κ1) is 16.9. The number of carboxylic acid groups (broad SMARTS) is 1. The Kier molecular flexibility index (Phi) is 4.87. The molecule has 5 nitrogen and oxygen atoms in total. The Balaban J connectivity index is 2.53. The third-order valence-electron chi connectivity index (χ3n) is 3.58. The molecule has 120 valence electrons. The highest BCUT2D eigenvalue weighted by molar-refractivity contribution is 6.38. The van der Waals surface area contributed by atoms with Gasteiger partial charge in [-0.15, -0.1) is 0 Å². The summed E-state index contributed by atoms with van der Waals surface area (Å²) in [5.74, 6) is -0.946. The molecule has 0 aliphatic carbocycles. The van der Waals surface area contributed by atoms with Gasteiger partial charge in [0, 0.05) is 11.6 Å². The van der Waals surface area contributed by atoms with Crippen LogP contribution < -0.4 is 9.64 Å². The summed E-state index contributed by atoms with van der Waals surface area (Å²) in [4.78, 5) is 24.8. The molecule has 1 aromatic carbocycles. The van der Waals surface area contributed by atoms with E-state index in [-0.39, 0.29) is 24.8 Å². The first-order valence-corrected chi connectivity index (χ1v) is 7.68. The number of anilines is 1. The standard InChI is InChI=1S/C15H17Cl2NO4/c1-7(2)13-15(21)18(5-4-11(19)20)10-6-9(16)8(3)12(17)14(10)22-13/h6-7,13H,4-5H2,1-3H3,(H,19,20). The molecule has 0 aromatic heterocycles. The van der Waals surface area contributed by atoms with Crippen LogP contribution >= 0.6 is 23.2 Å². The maximum Gasteiger partial charge on any atom is 0.305 e. The van der Waals surface area contributed by atoms with Gasteiger partial charge in [0.05, 0.1) is 17.1 Å². The van der Waals surface area contributed by atoms with Crippen LogP contribution in [0.4, 0.5) is 5.69 Å². The van der Waals surface area contributed by atoms with Crippen molar-refractivity contribution in [2.75, 3.05) is 11.4 Å². The lowest BCUT2D eigenvalue weighted by atomic mass is 10.0. The maximum absolute atomic E-state index is 12.6. The van der Waals surface area contributed by atoms with Crippen molar-refractivity contribution in [2.45, 2.75) is 33.3 Å². The minimum absolute atomic E-state index is 0.0451. The zero-order valence-corrected chi connectivity index (χ0v) is 14.0. The number of fused-ring (bicyclic) bond motifs is 1. The van der Waals surface area contributed by atoms with Crippen LogP contribution in [0.25, 0.3) is 0 Å². The van der Waals surface area contributed by atoms with Crippen LogP contribution in [0, 0.1) is 12.8 Å². The van der Waals surface area contributed by atoms with Gasteiger partial charge in [-0.3, -0.25) is 9.59 Å². The summed E-state index contributed by atoms with van der Waals surface area (Å²) in [5.41, 5.74) is 1.08. The highest BCUT2D eigenvalue weighted by Crippen LogP contribution is 2.45. The summed E-state index contributed by atoms with van der Waals surface area (Å²) in [6, 6.07) is 1.59. The molecule has 1 atom stereocenters. The SMILES string of the molecule is Cc1c(Cl)cc2c(c1Cl)OC(C(C)C)C(=O)N2CCC(=O)O. The number of hydrogen-bond acceptors (Lipinski definition) is 3. The molecule has 22 heavy (non-hydrogen) atoms. The molecule has 1 aromatic rings. The van der Waals surface area contributed by atoms with Crippen molar-refractivity contribution in [3.8, 4) is 5.75 Å². The molecule has 1 N–H and O–H groups in total. The van der Waals surface area contributed by atoms with Crippen molar-refractivity contribution in [2.24, 2.45) is 5.92 Å². The second kappa shape index (κ2) is 6.34. The highest BCUT2D eigenvalue weighted by atomic mass is 35.5. The molecular weight excluding hydrogens is 329 g/mol. The summed E-state index contributed by atoms with van der Waals surface area (Å²) >= 11 is 12.4. The summed E-state index contributed by atoms with van der Waals surface area (Å²) in [6.07, 6.45) is -0.863. The summed E-state index contributed by atoms with van der Waals surface area (Å²) in [6.45, 7) is 5.53. The van der Waals surface area contributed by atoms with Crippen molar-refractivity contribution in [3.05, 3.63) is 21.7 Å². The Labute approximate surface area is 138 Å². The predicted octanol–water partition coefficient (Wildman–Crippen LogP) is 3.53. The Hall–Kier alpha value is -1.46. The topological polar surface area (TPSA) is 66.8 Å². The second-order valence-electron chi connectivity index (χ2n) is 5.56. The minimum Gasteiger partial charge on any atom is -0.481 e. The van der Waals surface area contributed by atoms with E-state index in [1.54, 1.807) is 13.0 Å². The largest absolute Gasteiger partial charge is 0.481 e. The van der Waals surface area contributed by atoms with Crippen molar-refractivity contribution < 1.29 is 19.4 Å². The van der Waals surface area contributed by atoms with E-state index in [1.807, 2.05) is 13.8 Å². The quantitative estimate of drug-likeness (QED) is 0.906. The smallest absolute Gasteiger partial charge is 0.305 e. The number of amides is 1. The highest BCUT2D eigenvalue weighted by Gasteiger charge is 2.38. The normalized spacial score (nSPS) is 17.5. The number of benzene rings is 1. The van der Waals surface area contributed by atoms with E-state index < -0.39 is 12.1 Å². The number of ether oxygens (including phenoxy) is 1. The molecule has 0 spiro atoms. The lowest BCUT2D eigenvalue weighted by molar-refractivity contribution is -0.136. The number of aliphatic carboxylic acids is 1. The monoisotopic (exact) mass is 345 g/mol. The summed E-state index contributed by atoms with van der Waals surface area (Å²) < 4.78 is 5.78. The molecule has 0 radical (unpaired) electrons. The first-order valence-electron chi connectivity index (χ1n) is 6.92. The number of carbonyl (C=O) groups excluding carboxylic acids is 1. The second-order valence-corrected chi connectivity index (χ2v) is 6.35. The lowest BCUT2D eigenvalue weighted by Crippen LogP contribution is -2.49. The fourth-order valence-corrected chi connectivity index (χ4v) is 2.79. The fraction of sp³-hybridized carbons (Fsp3) is 0.467. The van der Waals surface area contributed by atoms with Crippen LogP contribution in [0.15, 0.2) is 6.07 Å². The van der Waals surface area contributed by atoms with Crippen LogP contribution in [0.1, 0.15) is 25.8 Å². The zero-order valence-electron chi connectivity index (χ0n) is 12.5. The molecule has 7 heteroatoms. The van der Waals surface area contributed by atoms with Crippen molar-refractivity contribution >= 4 is 40.8 Å². The molecule has 1 aliphatic rings. The minimum atomic E-state index is -0.980. The molecule has 1 amide bonds. The van der Waals surface area contributed by atoms with Gasteiger partial charge in [-0.1, -0.05) is 37.0 Å². The zero-order chi connectivity index (χ0) is 16.6. The van der Waals surface area contributed by atoms with E-state index in [0.29, 0.717) is 27.0 Å². The molecule has 1 aliphatic heterocycles. The van der Waals surface area contributed by atoms with E-state index in [2.05, 4.69) is 0 Å². The predicted molar refractivity (Wildman–Crippen MR) is 85.1 cm³/mol. The average molecular weight is 346 g/mol. The van der Waals surface area contributed by atoms with Gasteiger partial charge in [-0.05, 0) is 24.5 Å². The third-order valence-corrected chi connectivity index (χ3v) is 4.43. The van der Waals surface area contributed by atoms with Crippen LogP contribution in [-0.2, 0) is 9.59 Å². The Morgan fingerprint density at radius 2 is 2.09 bits per heavy atom. The number of carbonyl (C=O) groups is 2. The van der Waals surface area contributed by atoms with Crippen LogP contribution in [0.2, 0.25) is 10.0 Å². The number of hydrogen-bond donors (Lipinski definition) is 1. The van der Waals surface area contributed by atoms with Gasteiger partial charge in [-0.2, -0.15) is 0 Å². The van der Waals surface area contributed by atoms with E-state index in [4.69, 9.17) is 33.0 Å². The molecule has 0 saturated carbocycles. The maximum atomic E-state index is 12.6. The molecule has 2 rings (SSSR count). The van der Waals surface area contributed by atoms with Gasteiger partial charge in [0.25, 0.3) is 5.91 Å². The van der Waals surface area contributed by atoms with Crippen LogP contribution in [0.5, 0.6) is 5.75 Å². The van der Waals surface area contributed by atoms with Crippen LogP contribution in [0.3, 0.4) is 0 Å². The lowest BCUT2D eigenvalue weighted by Gasteiger charge is -2.36. The number of rotatable bonds is 4. The van der Waals surface area contributed by atoms with E-state index in [1.165, 1.54) is 4.90 Å². The summed E-state index contributed by atoms with van der Waals surface area (Å²) in [5, 5.41) is 9.64. The molecule has 0 bridgehead atoms. The number of nitrogens with zero attached hydrogens (tertiary/aromatic N) is 1. The van der Waals surface area contributed by atoms with Gasteiger partial charge in [0.15, 0.2) is 11.9 Å². The third kappa shape index (κ3) is 3.01. The van der Waals surface area contributed by atoms with E-state index in [9.17, 15) is 9.59 Å². The summed E-state index contributed by atoms with van der Waals surface area (Å²) in [7, 11) is 0. The van der Waals surface area contributed by atoms with Crippen molar-refractivity contribution in [1.82, 2.24) is 0 Å². The Morgan fingerprint density at radius 3 is 2.64 bits per heavy atom. The number of halogens is 2. The van der Waals surface area contributed by atoms with E-state index >= 15 is 0 Å². The van der Waals surface area contributed by atoms with Crippen molar-refractivity contribution in [1.29, 1.82) is 0 Å². The molecule has 0 fully saturated rings. The molecule has 1 unspecified atom stereocenters. The fourth-order valence-electron chi connectivity index (χ4n) is 2.30. The van der Waals surface area contributed by atoms with Gasteiger partial charge in [0.1, 0.15) is 0 Å². The first-order chi connectivity index (χ1) is 10.2. The molecular formula is C15H17Cl2NO4. The molecule has 1 heterocycles. The average Bonchev–Trinajstić information content (AvgIpc) is 2.43. The number of carboxylic acids is 1.